The van der Waals surface area contributed by atoms with E-state index in [1.807, 2.05) is 30.3 Å². The number of para-hydroxylation sites is 1. The number of carbonyl (C=O) groups is 1. The highest BCUT2D eigenvalue weighted by Crippen LogP contribution is 2.44. The minimum Gasteiger partial charge on any atom is -0.462 e. The van der Waals surface area contributed by atoms with Crippen molar-refractivity contribution < 1.29 is 18.7 Å². The molecule has 3 aromatic rings. The van der Waals surface area contributed by atoms with Crippen molar-refractivity contribution in [1.29, 1.82) is 0 Å². The molecule has 1 atom stereocenters. The number of nitrogens with two attached hydrogens (primary N) is 1. The number of carbonyl (C=O) groups excluding carboxylic acids is 1. The van der Waals surface area contributed by atoms with Crippen molar-refractivity contribution in [3.05, 3.63) is 85.1 Å². The Morgan fingerprint density at radius 2 is 2.00 bits per heavy atom. The van der Waals surface area contributed by atoms with Crippen molar-refractivity contribution >= 4 is 39.5 Å². The molecule has 0 saturated heterocycles. The molecule has 1 aromatic heterocycles. The highest BCUT2D eigenvalue weighted by Gasteiger charge is 2.39. The van der Waals surface area contributed by atoms with Crippen LogP contribution in [-0.4, -0.2) is 12.6 Å². The normalized spacial score (nSPS) is 15.9. The van der Waals surface area contributed by atoms with E-state index in [2.05, 4.69) is 22.6 Å². The van der Waals surface area contributed by atoms with Gasteiger partial charge in [-0.15, -0.1) is 0 Å². The first-order valence-electron chi connectivity index (χ1n) is 8.67. The Kier molecular flexibility index (Phi) is 4.84. The average Bonchev–Trinajstić information content (AvgIpc) is 2.67. The van der Waals surface area contributed by atoms with Gasteiger partial charge in [0.1, 0.15) is 11.2 Å². The van der Waals surface area contributed by atoms with Gasteiger partial charge in [0, 0.05) is 3.57 Å². The van der Waals surface area contributed by atoms with Gasteiger partial charge < -0.3 is 19.6 Å². The summed E-state index contributed by atoms with van der Waals surface area (Å²) in [7, 11) is 0. The van der Waals surface area contributed by atoms with E-state index < -0.39 is 17.5 Å². The maximum atomic E-state index is 12.9. The predicted molar refractivity (Wildman–Crippen MR) is 112 cm³/mol. The molecule has 0 amide bonds. The summed E-state index contributed by atoms with van der Waals surface area (Å²) in [6, 6.07) is 14.5. The van der Waals surface area contributed by atoms with Crippen LogP contribution in [0.1, 0.15) is 24.0 Å². The molecule has 1 aliphatic heterocycles. The number of fused-ring (bicyclic) bond motifs is 3. The number of hydrogen-bond donors (Lipinski definition) is 1. The fourth-order valence-corrected chi connectivity index (χ4v) is 3.96. The van der Waals surface area contributed by atoms with Crippen LogP contribution >= 0.6 is 22.6 Å². The molecule has 0 unspecified atom stereocenters. The molecule has 142 valence electrons. The van der Waals surface area contributed by atoms with Gasteiger partial charge in [-0.3, -0.25) is 0 Å². The van der Waals surface area contributed by atoms with Crippen LogP contribution in [0.3, 0.4) is 0 Å². The topological polar surface area (TPSA) is 91.8 Å². The van der Waals surface area contributed by atoms with Crippen LogP contribution in [0.5, 0.6) is 5.75 Å². The van der Waals surface area contributed by atoms with E-state index in [0.29, 0.717) is 16.7 Å². The molecule has 0 spiro atoms. The SMILES string of the molecule is CCOC(=O)C1=C(N)Oc2c(c(=O)oc3ccccc23)[C@@H]1c1cccc(I)c1. The molecule has 0 aliphatic carbocycles. The fourth-order valence-electron chi connectivity index (χ4n) is 3.39. The highest BCUT2D eigenvalue weighted by atomic mass is 127. The van der Waals surface area contributed by atoms with Gasteiger partial charge in [-0.05, 0) is 59.3 Å². The molecule has 0 radical (unpaired) electrons. The standard InChI is InChI=1S/C21H16INO5/c1-2-26-20(24)17-15(11-6-5-7-12(22)10-11)16-18(28-19(17)23)13-8-3-4-9-14(13)27-21(16)25/h3-10,15H,2,23H2,1H3/t15-/m0/s1. The van der Waals surface area contributed by atoms with E-state index >= 15 is 0 Å². The van der Waals surface area contributed by atoms with Crippen LogP contribution in [0.25, 0.3) is 11.0 Å². The van der Waals surface area contributed by atoms with Gasteiger partial charge in [-0.1, -0.05) is 24.3 Å². The Bertz CT molecular complexity index is 1180. The largest absolute Gasteiger partial charge is 0.462 e. The van der Waals surface area contributed by atoms with E-state index in [1.165, 1.54) is 0 Å². The second-order valence-corrected chi connectivity index (χ2v) is 7.46. The van der Waals surface area contributed by atoms with Gasteiger partial charge in [-0.25, -0.2) is 9.59 Å². The summed E-state index contributed by atoms with van der Waals surface area (Å²) in [5.74, 6) is -1.15. The Balaban J connectivity index is 2.05. The molecule has 1 aliphatic rings. The smallest absolute Gasteiger partial charge is 0.344 e. The van der Waals surface area contributed by atoms with Crippen molar-refractivity contribution in [1.82, 2.24) is 0 Å². The maximum Gasteiger partial charge on any atom is 0.344 e. The monoisotopic (exact) mass is 489 g/mol. The lowest BCUT2D eigenvalue weighted by Gasteiger charge is -2.28. The van der Waals surface area contributed by atoms with Gasteiger partial charge in [0.2, 0.25) is 5.88 Å². The second-order valence-electron chi connectivity index (χ2n) is 6.22. The molecule has 2 aromatic carbocycles. The summed E-state index contributed by atoms with van der Waals surface area (Å²) in [5.41, 5.74) is 7.02. The predicted octanol–water partition coefficient (Wildman–Crippen LogP) is 3.66. The van der Waals surface area contributed by atoms with E-state index in [1.54, 1.807) is 25.1 Å². The van der Waals surface area contributed by atoms with Gasteiger partial charge in [0.05, 0.1) is 23.5 Å². The van der Waals surface area contributed by atoms with Crippen molar-refractivity contribution in [3.63, 3.8) is 0 Å². The lowest BCUT2D eigenvalue weighted by atomic mass is 9.83. The van der Waals surface area contributed by atoms with E-state index in [0.717, 1.165) is 9.13 Å². The molecular weight excluding hydrogens is 473 g/mol. The molecule has 0 fully saturated rings. The van der Waals surface area contributed by atoms with Crippen molar-refractivity contribution in [2.45, 2.75) is 12.8 Å². The highest BCUT2D eigenvalue weighted by molar-refractivity contribution is 14.1. The van der Waals surface area contributed by atoms with Crippen LogP contribution in [0.15, 0.2) is 69.2 Å². The number of ether oxygens (including phenoxy) is 2. The van der Waals surface area contributed by atoms with Gasteiger partial charge in [0.15, 0.2) is 5.75 Å². The Labute approximate surface area is 174 Å². The summed E-state index contributed by atoms with van der Waals surface area (Å²) in [6.07, 6.45) is 0. The van der Waals surface area contributed by atoms with E-state index in [4.69, 9.17) is 19.6 Å². The first-order valence-corrected chi connectivity index (χ1v) is 9.75. The molecule has 0 bridgehead atoms. The molecular formula is C21H16INO5. The quantitative estimate of drug-likeness (QED) is 0.343. The average molecular weight is 489 g/mol. The van der Waals surface area contributed by atoms with Crippen molar-refractivity contribution in [2.24, 2.45) is 5.73 Å². The number of halogens is 1. The summed E-state index contributed by atoms with van der Waals surface area (Å²) in [4.78, 5) is 25.6. The van der Waals surface area contributed by atoms with Crippen LogP contribution < -0.4 is 16.1 Å². The first-order chi connectivity index (χ1) is 13.5. The molecule has 7 heteroatoms. The van der Waals surface area contributed by atoms with E-state index in [-0.39, 0.29) is 23.6 Å². The minimum atomic E-state index is -0.752. The Hall–Kier alpha value is -2.81. The lowest BCUT2D eigenvalue weighted by molar-refractivity contribution is -0.139. The zero-order valence-corrected chi connectivity index (χ0v) is 17.1. The summed E-state index contributed by atoms with van der Waals surface area (Å²) < 4.78 is 17.4. The van der Waals surface area contributed by atoms with Crippen LogP contribution in [0.2, 0.25) is 0 Å². The zero-order valence-electron chi connectivity index (χ0n) is 14.9. The Morgan fingerprint density at radius 3 is 2.75 bits per heavy atom. The number of benzene rings is 2. The zero-order chi connectivity index (χ0) is 19.8. The van der Waals surface area contributed by atoms with Gasteiger partial charge >= 0.3 is 11.6 Å². The first kappa shape index (κ1) is 18.5. The molecule has 0 saturated carbocycles. The number of hydrogen-bond acceptors (Lipinski definition) is 6. The van der Waals surface area contributed by atoms with E-state index in [9.17, 15) is 9.59 Å². The fraction of sp³-hybridized carbons (Fsp3) is 0.143. The lowest BCUT2D eigenvalue weighted by Crippen LogP contribution is -2.31. The third kappa shape index (κ3) is 3.05. The van der Waals surface area contributed by atoms with Crippen molar-refractivity contribution in [2.75, 3.05) is 6.61 Å². The van der Waals surface area contributed by atoms with Gasteiger partial charge in [-0.2, -0.15) is 0 Å². The summed E-state index contributed by atoms with van der Waals surface area (Å²) >= 11 is 2.17. The summed E-state index contributed by atoms with van der Waals surface area (Å²) in [6.45, 7) is 1.88. The molecule has 2 N–H and O–H groups in total. The molecule has 28 heavy (non-hydrogen) atoms. The molecule has 4 rings (SSSR count). The van der Waals surface area contributed by atoms with Crippen LogP contribution in [-0.2, 0) is 9.53 Å². The van der Waals surface area contributed by atoms with Crippen LogP contribution in [0.4, 0.5) is 0 Å². The Morgan fingerprint density at radius 1 is 1.21 bits per heavy atom. The molecule has 6 nitrogen and oxygen atoms in total. The summed E-state index contributed by atoms with van der Waals surface area (Å²) in [5, 5.41) is 0.610. The number of esters is 1. The second kappa shape index (κ2) is 7.31. The number of rotatable bonds is 3. The third-order valence-corrected chi connectivity index (χ3v) is 5.20. The van der Waals surface area contributed by atoms with Crippen molar-refractivity contribution in [3.8, 4) is 5.75 Å². The van der Waals surface area contributed by atoms with Gasteiger partial charge in [0.25, 0.3) is 0 Å². The maximum absolute atomic E-state index is 12.9. The third-order valence-electron chi connectivity index (χ3n) is 4.53. The molecule has 2 heterocycles. The minimum absolute atomic E-state index is 0.0782. The van der Waals surface area contributed by atoms with Crippen LogP contribution in [0, 0.1) is 3.57 Å².